The number of benzene rings is 3. The molecule has 2 aliphatic rings. The van der Waals surface area contributed by atoms with Gasteiger partial charge in [-0.2, -0.15) is 0 Å². The first-order valence-electron chi connectivity index (χ1n) is 12.6. The van der Waals surface area contributed by atoms with Gasteiger partial charge in [0.15, 0.2) is 11.6 Å². The van der Waals surface area contributed by atoms with Gasteiger partial charge in [0.1, 0.15) is 5.54 Å². The summed E-state index contributed by atoms with van der Waals surface area (Å²) in [7, 11) is 0. The van der Waals surface area contributed by atoms with Crippen molar-refractivity contribution in [2.45, 2.75) is 30.8 Å². The first kappa shape index (κ1) is 24.9. The molecule has 2 amide bonds. The zero-order valence-electron chi connectivity index (χ0n) is 20.5. The molecule has 2 aliphatic heterocycles. The van der Waals surface area contributed by atoms with E-state index in [1.807, 2.05) is 60.7 Å². The molecule has 8 heteroatoms. The molecule has 0 bridgehead atoms. The molecular formula is C29H30F2N4O2. The Labute approximate surface area is 215 Å². The van der Waals surface area contributed by atoms with Crippen LogP contribution in [0.4, 0.5) is 14.5 Å². The van der Waals surface area contributed by atoms with Gasteiger partial charge in [0.2, 0.25) is 5.91 Å². The van der Waals surface area contributed by atoms with Crippen molar-refractivity contribution in [1.29, 1.82) is 0 Å². The van der Waals surface area contributed by atoms with Crippen LogP contribution in [0.1, 0.15) is 28.8 Å². The van der Waals surface area contributed by atoms with E-state index in [1.165, 1.54) is 6.07 Å². The summed E-state index contributed by atoms with van der Waals surface area (Å²) in [4.78, 5) is 30.3. The van der Waals surface area contributed by atoms with Gasteiger partial charge in [-0.05, 0) is 55.2 Å². The molecule has 37 heavy (non-hydrogen) atoms. The average molecular weight is 505 g/mol. The van der Waals surface area contributed by atoms with Gasteiger partial charge in [-0.1, -0.05) is 48.5 Å². The third kappa shape index (κ3) is 5.34. The van der Waals surface area contributed by atoms with Crippen LogP contribution in [0.25, 0.3) is 0 Å². The number of amides is 2. The number of hydrogen-bond donors (Lipinski definition) is 2. The number of carbonyl (C=O) groups is 2. The fourth-order valence-corrected chi connectivity index (χ4v) is 5.42. The van der Waals surface area contributed by atoms with Crippen molar-refractivity contribution in [3.8, 4) is 0 Å². The lowest BCUT2D eigenvalue weighted by Crippen LogP contribution is -2.58. The van der Waals surface area contributed by atoms with E-state index in [2.05, 4.69) is 20.4 Å². The third-order valence-electron chi connectivity index (χ3n) is 7.41. The largest absolute Gasteiger partial charge is 0.348 e. The van der Waals surface area contributed by atoms with Gasteiger partial charge in [0, 0.05) is 36.9 Å². The van der Waals surface area contributed by atoms with Crippen molar-refractivity contribution in [2.75, 3.05) is 31.2 Å². The second-order valence-electron chi connectivity index (χ2n) is 9.75. The van der Waals surface area contributed by atoms with E-state index in [0.29, 0.717) is 45.6 Å². The number of rotatable bonds is 7. The highest BCUT2D eigenvalue weighted by molar-refractivity contribution is 5.94. The van der Waals surface area contributed by atoms with Gasteiger partial charge in [0.05, 0.1) is 6.67 Å². The maximum absolute atomic E-state index is 13.7. The Balaban J connectivity index is 1.29. The fourth-order valence-electron chi connectivity index (χ4n) is 5.42. The topological polar surface area (TPSA) is 64.7 Å². The van der Waals surface area contributed by atoms with Crippen LogP contribution in [0.2, 0.25) is 0 Å². The maximum atomic E-state index is 13.7. The van der Waals surface area contributed by atoms with Crippen LogP contribution in [0.15, 0.2) is 78.9 Å². The fraction of sp³-hybridized carbons (Fsp3) is 0.310. The van der Waals surface area contributed by atoms with Gasteiger partial charge < -0.3 is 20.4 Å². The molecule has 0 radical (unpaired) electrons. The summed E-state index contributed by atoms with van der Waals surface area (Å²) < 4.78 is 27.1. The van der Waals surface area contributed by atoms with Crippen LogP contribution in [0.3, 0.4) is 0 Å². The molecular weight excluding hydrogens is 474 g/mol. The second-order valence-corrected chi connectivity index (χ2v) is 9.75. The molecule has 3 aromatic carbocycles. The van der Waals surface area contributed by atoms with E-state index in [9.17, 15) is 18.4 Å². The molecule has 1 spiro atoms. The number of carbonyl (C=O) groups excluding carboxylic acids is 2. The summed E-state index contributed by atoms with van der Waals surface area (Å²) in [5.41, 5.74) is 1.59. The minimum Gasteiger partial charge on any atom is -0.348 e. The summed E-state index contributed by atoms with van der Waals surface area (Å²) in [6.07, 6.45) is 1.93. The third-order valence-corrected chi connectivity index (χ3v) is 7.41. The number of piperidine rings is 1. The number of nitrogens with zero attached hydrogens (tertiary/aromatic N) is 2. The first-order chi connectivity index (χ1) is 17.9. The number of hydrogen-bond acceptors (Lipinski definition) is 4. The Kier molecular flexibility index (Phi) is 7.19. The number of halogens is 2. The van der Waals surface area contributed by atoms with Crippen LogP contribution in [-0.2, 0) is 11.2 Å². The molecule has 0 aliphatic carbocycles. The molecule has 3 aromatic rings. The van der Waals surface area contributed by atoms with Gasteiger partial charge in [-0.15, -0.1) is 0 Å². The number of anilines is 1. The zero-order valence-corrected chi connectivity index (χ0v) is 20.5. The second kappa shape index (κ2) is 10.7. The van der Waals surface area contributed by atoms with E-state index >= 15 is 0 Å². The van der Waals surface area contributed by atoms with Crippen molar-refractivity contribution in [2.24, 2.45) is 0 Å². The smallest absolute Gasteiger partial charge is 0.251 e. The van der Waals surface area contributed by atoms with E-state index in [1.54, 1.807) is 0 Å². The number of nitrogens with one attached hydrogen (secondary N) is 2. The highest BCUT2D eigenvalue weighted by Crippen LogP contribution is 2.36. The normalized spacial score (nSPS) is 18.0. The van der Waals surface area contributed by atoms with Crippen molar-refractivity contribution in [1.82, 2.24) is 15.5 Å². The first-order valence-corrected chi connectivity index (χ1v) is 12.6. The Bertz CT molecular complexity index is 1250. The lowest BCUT2D eigenvalue weighted by molar-refractivity contribution is -0.125. The predicted molar refractivity (Wildman–Crippen MR) is 138 cm³/mol. The highest BCUT2D eigenvalue weighted by atomic mass is 19.2. The van der Waals surface area contributed by atoms with E-state index in [-0.39, 0.29) is 17.5 Å². The Hall–Kier alpha value is -3.78. The molecule has 6 nitrogen and oxygen atoms in total. The average Bonchev–Trinajstić information content (AvgIpc) is 3.23. The Morgan fingerprint density at radius 3 is 2.30 bits per heavy atom. The lowest BCUT2D eigenvalue weighted by atomic mass is 9.85. The minimum atomic E-state index is -1.05. The monoisotopic (exact) mass is 504 g/mol. The molecule has 2 fully saturated rings. The molecule has 5 rings (SSSR count). The zero-order chi connectivity index (χ0) is 25.8. The standard InChI is InChI=1S/C29H30F2N4O2/c30-25-12-11-22(18-26(25)31)27(36)33-23(17-21-7-3-1-4-8-21)19-34-15-13-29(14-16-34)28(37)32-20-35(29)24-9-5-2-6-10-24/h1-12,18,23H,13-17,19-20H2,(H,32,37)(H,33,36)/t23-/m0/s1. The summed E-state index contributed by atoms with van der Waals surface area (Å²) in [6.45, 7) is 2.46. The van der Waals surface area contributed by atoms with E-state index in [0.717, 1.165) is 23.4 Å². The highest BCUT2D eigenvalue weighted by Gasteiger charge is 2.50. The molecule has 0 aromatic heterocycles. The van der Waals surface area contributed by atoms with Crippen LogP contribution in [-0.4, -0.2) is 54.6 Å². The van der Waals surface area contributed by atoms with Gasteiger partial charge in [-0.3, -0.25) is 9.59 Å². The number of para-hydroxylation sites is 1. The van der Waals surface area contributed by atoms with Crippen molar-refractivity contribution in [3.05, 3.63) is 102 Å². The molecule has 2 heterocycles. The molecule has 0 saturated carbocycles. The van der Waals surface area contributed by atoms with Gasteiger partial charge in [0.25, 0.3) is 5.91 Å². The van der Waals surface area contributed by atoms with Crippen LogP contribution >= 0.6 is 0 Å². The van der Waals surface area contributed by atoms with Crippen LogP contribution in [0, 0.1) is 11.6 Å². The van der Waals surface area contributed by atoms with Crippen molar-refractivity contribution < 1.29 is 18.4 Å². The van der Waals surface area contributed by atoms with Gasteiger partial charge >= 0.3 is 0 Å². The molecule has 1 atom stereocenters. The quantitative estimate of drug-likeness (QED) is 0.515. The minimum absolute atomic E-state index is 0.0588. The Morgan fingerprint density at radius 2 is 1.62 bits per heavy atom. The summed E-state index contributed by atoms with van der Waals surface area (Å²) in [6, 6.07) is 22.7. The van der Waals surface area contributed by atoms with Crippen molar-refractivity contribution >= 4 is 17.5 Å². The molecule has 192 valence electrons. The summed E-state index contributed by atoms with van der Waals surface area (Å²) in [5.74, 6) is -2.42. The molecule has 2 N–H and O–H groups in total. The predicted octanol–water partition coefficient (Wildman–Crippen LogP) is 3.73. The number of likely N-dealkylation sites (tertiary alicyclic amines) is 1. The SMILES string of the molecule is O=C(N[C@@H](Cc1ccccc1)CN1CCC2(CC1)C(=O)NCN2c1ccccc1)c1ccc(F)c(F)c1. The summed E-state index contributed by atoms with van der Waals surface area (Å²) >= 11 is 0. The van der Waals surface area contributed by atoms with Crippen molar-refractivity contribution in [3.63, 3.8) is 0 Å². The maximum Gasteiger partial charge on any atom is 0.251 e. The van der Waals surface area contributed by atoms with E-state index in [4.69, 9.17) is 0 Å². The molecule has 0 unspecified atom stereocenters. The van der Waals surface area contributed by atoms with E-state index < -0.39 is 23.1 Å². The van der Waals surface area contributed by atoms with Crippen LogP contribution < -0.4 is 15.5 Å². The Morgan fingerprint density at radius 1 is 0.946 bits per heavy atom. The van der Waals surface area contributed by atoms with Crippen LogP contribution in [0.5, 0.6) is 0 Å². The summed E-state index contributed by atoms with van der Waals surface area (Å²) in [5, 5.41) is 6.04. The molecule has 2 saturated heterocycles. The van der Waals surface area contributed by atoms with Gasteiger partial charge in [-0.25, -0.2) is 8.78 Å². The lowest BCUT2D eigenvalue weighted by Gasteiger charge is -2.44.